The summed E-state index contributed by atoms with van der Waals surface area (Å²) < 4.78 is 5.54. The molecule has 45 heavy (non-hydrogen) atoms. The van der Waals surface area contributed by atoms with Crippen LogP contribution in [0.25, 0.3) is 0 Å². The van der Waals surface area contributed by atoms with Crippen LogP contribution in [-0.4, -0.2) is 163 Å². The maximum Gasteiger partial charge on any atom is 0.321 e. The van der Waals surface area contributed by atoms with Crippen molar-refractivity contribution in [2.75, 3.05) is 98.9 Å². The van der Waals surface area contributed by atoms with Crippen LogP contribution in [0.3, 0.4) is 0 Å². The van der Waals surface area contributed by atoms with Gasteiger partial charge in [-0.15, -0.1) is 0 Å². The first-order valence-electron chi connectivity index (χ1n) is 17.0. The van der Waals surface area contributed by atoms with Gasteiger partial charge in [-0.2, -0.15) is 0 Å². The van der Waals surface area contributed by atoms with Crippen molar-refractivity contribution in [3.8, 4) is 0 Å². The topological polar surface area (TPSA) is 154 Å². The minimum absolute atomic E-state index is 0.0133. The Morgan fingerprint density at radius 2 is 0.844 bits per heavy atom. The van der Waals surface area contributed by atoms with E-state index in [9.17, 15) is 34.5 Å². The van der Waals surface area contributed by atoms with Crippen LogP contribution < -0.4 is 0 Å². The molecule has 0 aromatic heterocycles. The summed E-state index contributed by atoms with van der Waals surface area (Å²) in [6.45, 7) is 5.50. The second-order valence-corrected chi connectivity index (χ2v) is 12.4. The number of ether oxygens (including phenoxy) is 1. The van der Waals surface area contributed by atoms with Gasteiger partial charge in [0.25, 0.3) is 0 Å². The lowest BCUT2D eigenvalue weighted by Crippen LogP contribution is -2.49. The van der Waals surface area contributed by atoms with Crippen molar-refractivity contribution in [3.63, 3.8) is 0 Å². The fourth-order valence-corrected chi connectivity index (χ4v) is 5.48. The normalized spacial score (nSPS) is 16.7. The fourth-order valence-electron chi connectivity index (χ4n) is 5.48. The average Bonchev–Trinajstić information content (AvgIpc) is 2.97. The van der Waals surface area contributed by atoms with Gasteiger partial charge in [-0.25, -0.2) is 0 Å². The number of rotatable bonds is 23. The Morgan fingerprint density at radius 3 is 1.18 bits per heavy atom. The van der Waals surface area contributed by atoms with Crippen LogP contribution in [0, 0.1) is 0 Å². The first-order chi connectivity index (χ1) is 21.6. The molecule has 262 valence electrons. The molecular weight excluding hydrogens is 582 g/mol. The summed E-state index contributed by atoms with van der Waals surface area (Å²) in [5.74, 6) is -3.35. The van der Waals surface area contributed by atoms with Crippen LogP contribution >= 0.6 is 0 Å². The van der Waals surface area contributed by atoms with E-state index in [4.69, 9.17) is 4.74 Å². The lowest BCUT2D eigenvalue weighted by molar-refractivity contribution is -0.149. The standard InChI is InChI=1S/C32H61N5O8/c1-3-4-5-6-7-8-9-10-11-12-13-14-15-33(2)28-45-32(44)27-37-22-20-35(25-30(40)41)18-16-34(24-29(38)39)17-19-36(21-23-37)26-31(42)43/h3-28H2,1-2H3,(H,38,39)(H,40,41)(H,42,43). The molecule has 13 heteroatoms. The van der Waals surface area contributed by atoms with E-state index in [-0.39, 0.29) is 38.9 Å². The zero-order valence-electron chi connectivity index (χ0n) is 28.0. The van der Waals surface area contributed by atoms with E-state index in [1.165, 1.54) is 64.2 Å². The van der Waals surface area contributed by atoms with Crippen molar-refractivity contribution in [3.05, 3.63) is 0 Å². The number of carboxylic acids is 3. The fraction of sp³-hybridized carbons (Fsp3) is 0.875. The van der Waals surface area contributed by atoms with Crippen LogP contribution in [0.5, 0.6) is 0 Å². The molecule has 0 unspecified atom stereocenters. The molecule has 1 heterocycles. The van der Waals surface area contributed by atoms with Gasteiger partial charge in [-0.1, -0.05) is 77.6 Å². The molecule has 1 aliphatic rings. The SMILES string of the molecule is CCCCCCCCCCCCCCN(C)COC(=O)CN1CCN(CC(=O)O)CCN(CC(=O)O)CCN(CC(=O)O)CC1. The van der Waals surface area contributed by atoms with E-state index in [2.05, 4.69) is 6.92 Å². The summed E-state index contributed by atoms with van der Waals surface area (Å²) in [7, 11) is 1.93. The summed E-state index contributed by atoms with van der Waals surface area (Å²) in [5.41, 5.74) is 0. The van der Waals surface area contributed by atoms with Crippen molar-refractivity contribution in [1.29, 1.82) is 0 Å². The molecule has 0 bridgehead atoms. The Hall–Kier alpha value is -2.32. The molecule has 0 radical (unpaired) electrons. The molecule has 13 nitrogen and oxygen atoms in total. The first kappa shape index (κ1) is 40.7. The van der Waals surface area contributed by atoms with E-state index >= 15 is 0 Å². The number of hydrogen-bond acceptors (Lipinski definition) is 10. The molecule has 1 rings (SSSR count). The predicted molar refractivity (Wildman–Crippen MR) is 173 cm³/mol. The van der Waals surface area contributed by atoms with Crippen LogP contribution in [0.4, 0.5) is 0 Å². The second-order valence-electron chi connectivity index (χ2n) is 12.4. The highest BCUT2D eigenvalue weighted by molar-refractivity contribution is 5.71. The van der Waals surface area contributed by atoms with Crippen LogP contribution in [0.2, 0.25) is 0 Å². The monoisotopic (exact) mass is 643 g/mol. The highest BCUT2D eigenvalue weighted by Crippen LogP contribution is 2.12. The first-order valence-corrected chi connectivity index (χ1v) is 17.0. The number of nitrogens with zero attached hydrogens (tertiary/aromatic N) is 5. The quantitative estimate of drug-likeness (QED) is 0.0850. The van der Waals surface area contributed by atoms with Gasteiger partial charge in [-0.3, -0.25) is 43.7 Å². The van der Waals surface area contributed by atoms with Crippen LogP contribution in [0.1, 0.15) is 84.0 Å². The number of carboxylic acid groups (broad SMARTS) is 3. The lowest BCUT2D eigenvalue weighted by atomic mass is 10.1. The van der Waals surface area contributed by atoms with Gasteiger partial charge in [-0.05, 0) is 13.5 Å². The molecule has 0 aliphatic carbocycles. The van der Waals surface area contributed by atoms with Crippen molar-refractivity contribution in [1.82, 2.24) is 24.5 Å². The van der Waals surface area contributed by atoms with Gasteiger partial charge < -0.3 is 20.1 Å². The predicted octanol–water partition coefficient (Wildman–Crippen LogP) is 2.60. The van der Waals surface area contributed by atoms with Crippen LogP contribution in [0.15, 0.2) is 0 Å². The minimum atomic E-state index is -0.999. The van der Waals surface area contributed by atoms with E-state index in [0.717, 1.165) is 19.4 Å². The molecule has 0 aromatic rings. The van der Waals surface area contributed by atoms with Gasteiger partial charge in [0.05, 0.1) is 26.2 Å². The van der Waals surface area contributed by atoms with E-state index in [0.29, 0.717) is 52.4 Å². The van der Waals surface area contributed by atoms with Crippen molar-refractivity contribution >= 4 is 23.9 Å². The number of carbonyl (C=O) groups excluding carboxylic acids is 1. The van der Waals surface area contributed by atoms with Crippen molar-refractivity contribution in [2.45, 2.75) is 84.0 Å². The van der Waals surface area contributed by atoms with E-state index in [1.807, 2.05) is 16.8 Å². The molecule has 0 saturated carbocycles. The Bertz CT molecular complexity index is 801. The van der Waals surface area contributed by atoms with E-state index < -0.39 is 17.9 Å². The maximum atomic E-state index is 12.8. The number of esters is 1. The average molecular weight is 644 g/mol. The van der Waals surface area contributed by atoms with Gasteiger partial charge in [0.2, 0.25) is 0 Å². The summed E-state index contributed by atoms with van der Waals surface area (Å²) in [5, 5.41) is 28.0. The highest BCUT2D eigenvalue weighted by Gasteiger charge is 2.21. The van der Waals surface area contributed by atoms with E-state index in [1.54, 1.807) is 14.7 Å². The zero-order chi connectivity index (χ0) is 33.3. The molecule has 3 N–H and O–H groups in total. The number of unbranched alkanes of at least 4 members (excludes halogenated alkanes) is 11. The molecule has 0 atom stereocenters. The number of hydrogen-bond donors (Lipinski definition) is 3. The Morgan fingerprint density at radius 1 is 0.533 bits per heavy atom. The summed E-state index contributed by atoms with van der Waals surface area (Å²) in [6.07, 6.45) is 15.5. The Labute approximate surface area is 270 Å². The molecular formula is C32H61N5O8. The van der Waals surface area contributed by atoms with Gasteiger partial charge in [0, 0.05) is 58.9 Å². The van der Waals surface area contributed by atoms with Gasteiger partial charge in [0.1, 0.15) is 6.73 Å². The molecule has 0 aromatic carbocycles. The minimum Gasteiger partial charge on any atom is -0.480 e. The number of carbonyl (C=O) groups is 4. The summed E-state index contributed by atoms with van der Waals surface area (Å²) in [4.78, 5) is 56.0. The summed E-state index contributed by atoms with van der Waals surface area (Å²) in [6, 6.07) is 0. The molecule has 1 saturated heterocycles. The van der Waals surface area contributed by atoms with Crippen molar-refractivity contribution in [2.24, 2.45) is 0 Å². The lowest BCUT2D eigenvalue weighted by Gasteiger charge is -2.32. The maximum absolute atomic E-state index is 12.8. The van der Waals surface area contributed by atoms with Gasteiger partial charge in [0.15, 0.2) is 0 Å². The number of aliphatic carboxylic acids is 3. The summed E-state index contributed by atoms with van der Waals surface area (Å²) >= 11 is 0. The van der Waals surface area contributed by atoms with Gasteiger partial charge >= 0.3 is 23.9 Å². The third-order valence-corrected chi connectivity index (χ3v) is 8.20. The largest absolute Gasteiger partial charge is 0.480 e. The molecule has 1 aliphatic heterocycles. The van der Waals surface area contributed by atoms with Crippen LogP contribution in [-0.2, 0) is 23.9 Å². The molecule has 1 fully saturated rings. The smallest absolute Gasteiger partial charge is 0.321 e. The highest BCUT2D eigenvalue weighted by atomic mass is 16.5. The third kappa shape index (κ3) is 23.6. The molecule has 0 amide bonds. The third-order valence-electron chi connectivity index (χ3n) is 8.20. The Balaban J connectivity index is 2.48. The second kappa shape index (κ2) is 25.8. The van der Waals surface area contributed by atoms with Crippen molar-refractivity contribution < 1.29 is 39.2 Å². The zero-order valence-corrected chi connectivity index (χ0v) is 28.0. The molecule has 0 spiro atoms. The Kier molecular flexibility index (Phi) is 23.4.